The zero-order valence-corrected chi connectivity index (χ0v) is 8.07. The minimum absolute atomic E-state index is 0.233. The molecule has 14 heavy (non-hydrogen) atoms. The summed E-state index contributed by atoms with van der Waals surface area (Å²) in [5, 5.41) is 2.68. The molecule has 1 amide bonds. The first-order valence-electron chi connectivity index (χ1n) is 4.51. The average molecular weight is 191 g/mol. The van der Waals surface area contributed by atoms with Gasteiger partial charge in [0.25, 0.3) is 0 Å². The Balaban J connectivity index is 2.42. The van der Waals surface area contributed by atoms with Crippen LogP contribution in [0.3, 0.4) is 0 Å². The first-order valence-corrected chi connectivity index (χ1v) is 4.51. The number of nitrogens with one attached hydrogen (secondary N) is 1. The monoisotopic (exact) mass is 191 g/mol. The number of rotatable bonds is 4. The van der Waals surface area contributed by atoms with Gasteiger partial charge in [-0.25, -0.2) is 0 Å². The van der Waals surface area contributed by atoms with E-state index in [0.29, 0.717) is 12.8 Å². The predicted molar refractivity (Wildman–Crippen MR) is 53.5 cm³/mol. The molecule has 1 atom stereocenters. The van der Waals surface area contributed by atoms with Gasteiger partial charge in [-0.2, -0.15) is 0 Å². The number of hydrogen-bond donors (Lipinski definition) is 1. The van der Waals surface area contributed by atoms with Gasteiger partial charge in [-0.1, -0.05) is 30.3 Å². The van der Waals surface area contributed by atoms with Gasteiger partial charge < -0.3 is 10.1 Å². The van der Waals surface area contributed by atoms with Gasteiger partial charge in [0.1, 0.15) is 6.29 Å². The Hall–Kier alpha value is -1.64. The summed E-state index contributed by atoms with van der Waals surface area (Å²) in [4.78, 5) is 21.5. The van der Waals surface area contributed by atoms with Crippen molar-refractivity contribution in [3.05, 3.63) is 35.9 Å². The Labute approximate surface area is 83.1 Å². The Morgan fingerprint density at radius 2 is 2.07 bits per heavy atom. The molecule has 0 fully saturated rings. The van der Waals surface area contributed by atoms with Gasteiger partial charge in [-0.05, 0) is 12.5 Å². The van der Waals surface area contributed by atoms with E-state index in [1.165, 1.54) is 0 Å². The van der Waals surface area contributed by atoms with Gasteiger partial charge in [-0.15, -0.1) is 0 Å². The van der Waals surface area contributed by atoms with Gasteiger partial charge in [0.2, 0.25) is 5.91 Å². The molecule has 0 heterocycles. The second-order valence-electron chi connectivity index (χ2n) is 3.13. The summed E-state index contributed by atoms with van der Waals surface area (Å²) in [6.45, 7) is 2.05. The molecule has 74 valence electrons. The third-order valence-electron chi connectivity index (χ3n) is 1.93. The van der Waals surface area contributed by atoms with Crippen LogP contribution < -0.4 is 5.32 Å². The predicted octanol–water partition coefficient (Wildman–Crippen LogP) is 1.14. The molecule has 0 saturated heterocycles. The summed E-state index contributed by atoms with van der Waals surface area (Å²) in [5.74, 6) is -0.803. The normalized spacial score (nSPS) is 11.8. The zero-order valence-electron chi connectivity index (χ0n) is 8.07. The first-order chi connectivity index (χ1) is 6.74. The molecule has 0 aliphatic heterocycles. The second-order valence-corrected chi connectivity index (χ2v) is 3.13. The van der Waals surface area contributed by atoms with E-state index >= 15 is 0 Å². The van der Waals surface area contributed by atoms with Crippen LogP contribution in [0, 0.1) is 5.92 Å². The maximum absolute atomic E-state index is 11.2. The van der Waals surface area contributed by atoms with Crippen molar-refractivity contribution in [3.8, 4) is 0 Å². The lowest BCUT2D eigenvalue weighted by Crippen LogP contribution is -2.29. The standard InChI is InChI=1S/C11H13NO2/c1-9(8-13)11(14)12-7-10-5-3-2-4-6-10/h2-6,8-9H,7H2,1H3,(H,12,14). The number of benzene rings is 1. The molecule has 0 saturated carbocycles. The van der Waals surface area contributed by atoms with E-state index in [1.54, 1.807) is 6.92 Å². The van der Waals surface area contributed by atoms with Crippen LogP contribution >= 0.6 is 0 Å². The average Bonchev–Trinajstić information content (AvgIpc) is 2.26. The summed E-state index contributed by atoms with van der Waals surface area (Å²) in [6, 6.07) is 9.58. The van der Waals surface area contributed by atoms with Crippen molar-refractivity contribution in [3.63, 3.8) is 0 Å². The molecule has 3 nitrogen and oxygen atoms in total. The number of carbonyl (C=O) groups excluding carboxylic acids is 2. The highest BCUT2D eigenvalue weighted by Gasteiger charge is 2.09. The molecule has 0 radical (unpaired) electrons. The van der Waals surface area contributed by atoms with Crippen molar-refractivity contribution in [1.82, 2.24) is 5.32 Å². The van der Waals surface area contributed by atoms with Gasteiger partial charge >= 0.3 is 0 Å². The molecule has 0 aliphatic carbocycles. The summed E-state index contributed by atoms with van der Waals surface area (Å²) < 4.78 is 0. The number of aldehydes is 1. The summed E-state index contributed by atoms with van der Waals surface area (Å²) in [7, 11) is 0. The molecule has 0 aliphatic rings. The van der Waals surface area contributed by atoms with Crippen LogP contribution in [0.4, 0.5) is 0 Å². The van der Waals surface area contributed by atoms with E-state index in [0.717, 1.165) is 5.56 Å². The minimum atomic E-state index is -0.571. The van der Waals surface area contributed by atoms with Crippen molar-refractivity contribution in [2.45, 2.75) is 13.5 Å². The third-order valence-corrected chi connectivity index (χ3v) is 1.93. The Morgan fingerprint density at radius 3 is 2.64 bits per heavy atom. The fraction of sp³-hybridized carbons (Fsp3) is 0.273. The molecule has 0 bridgehead atoms. The Kier molecular flexibility index (Phi) is 3.85. The highest BCUT2D eigenvalue weighted by molar-refractivity contribution is 5.91. The van der Waals surface area contributed by atoms with E-state index in [9.17, 15) is 9.59 Å². The maximum atomic E-state index is 11.2. The summed E-state index contributed by atoms with van der Waals surface area (Å²) in [5.41, 5.74) is 1.03. The fourth-order valence-corrected chi connectivity index (χ4v) is 1.01. The highest BCUT2D eigenvalue weighted by atomic mass is 16.2. The van der Waals surface area contributed by atoms with Crippen molar-refractivity contribution in [2.24, 2.45) is 5.92 Å². The summed E-state index contributed by atoms with van der Waals surface area (Å²) in [6.07, 6.45) is 0.639. The van der Waals surface area contributed by atoms with Crippen LogP contribution in [0.1, 0.15) is 12.5 Å². The molecule has 0 aromatic heterocycles. The zero-order chi connectivity index (χ0) is 10.4. The van der Waals surface area contributed by atoms with E-state index in [1.807, 2.05) is 30.3 Å². The SMILES string of the molecule is CC(C=O)C(=O)NCc1ccccc1. The lowest BCUT2D eigenvalue weighted by atomic mass is 10.2. The van der Waals surface area contributed by atoms with E-state index in [2.05, 4.69) is 5.32 Å². The number of carbonyl (C=O) groups is 2. The van der Waals surface area contributed by atoms with Crippen molar-refractivity contribution in [1.29, 1.82) is 0 Å². The van der Waals surface area contributed by atoms with Gasteiger partial charge in [0.05, 0.1) is 5.92 Å². The molecule has 0 spiro atoms. The van der Waals surface area contributed by atoms with E-state index in [4.69, 9.17) is 0 Å². The molecule has 1 aromatic rings. The minimum Gasteiger partial charge on any atom is -0.351 e. The Bertz CT molecular complexity index is 308. The molecule has 1 unspecified atom stereocenters. The fourth-order valence-electron chi connectivity index (χ4n) is 1.01. The summed E-state index contributed by atoms with van der Waals surface area (Å²) >= 11 is 0. The number of hydrogen-bond acceptors (Lipinski definition) is 2. The van der Waals surface area contributed by atoms with Crippen LogP contribution in [0.25, 0.3) is 0 Å². The van der Waals surface area contributed by atoms with Crippen LogP contribution in [-0.2, 0) is 16.1 Å². The second kappa shape index (κ2) is 5.17. The van der Waals surface area contributed by atoms with Gasteiger partial charge in [0, 0.05) is 6.54 Å². The molecule has 1 N–H and O–H groups in total. The highest BCUT2D eigenvalue weighted by Crippen LogP contribution is 1.98. The maximum Gasteiger partial charge on any atom is 0.230 e. The first kappa shape index (κ1) is 10.4. The lowest BCUT2D eigenvalue weighted by molar-refractivity contribution is -0.128. The molecule has 1 rings (SSSR count). The number of amides is 1. The quantitative estimate of drug-likeness (QED) is 0.573. The van der Waals surface area contributed by atoms with Crippen LogP contribution in [0.2, 0.25) is 0 Å². The Morgan fingerprint density at radius 1 is 1.43 bits per heavy atom. The van der Waals surface area contributed by atoms with Gasteiger partial charge in [-0.3, -0.25) is 4.79 Å². The third kappa shape index (κ3) is 3.01. The van der Waals surface area contributed by atoms with E-state index < -0.39 is 5.92 Å². The van der Waals surface area contributed by atoms with Crippen molar-refractivity contribution in [2.75, 3.05) is 0 Å². The van der Waals surface area contributed by atoms with Crippen molar-refractivity contribution < 1.29 is 9.59 Å². The largest absolute Gasteiger partial charge is 0.351 e. The van der Waals surface area contributed by atoms with Gasteiger partial charge in [0.15, 0.2) is 0 Å². The molecule has 1 aromatic carbocycles. The molecule has 3 heteroatoms. The van der Waals surface area contributed by atoms with E-state index in [-0.39, 0.29) is 5.91 Å². The lowest BCUT2D eigenvalue weighted by Gasteiger charge is -2.06. The smallest absolute Gasteiger partial charge is 0.230 e. The molecular formula is C11H13NO2. The van der Waals surface area contributed by atoms with Crippen molar-refractivity contribution >= 4 is 12.2 Å². The topological polar surface area (TPSA) is 46.2 Å². The van der Waals surface area contributed by atoms with Crippen LogP contribution in [0.5, 0.6) is 0 Å². The van der Waals surface area contributed by atoms with Crippen LogP contribution in [0.15, 0.2) is 30.3 Å². The molecular weight excluding hydrogens is 178 g/mol. The van der Waals surface area contributed by atoms with Crippen LogP contribution in [-0.4, -0.2) is 12.2 Å².